The Labute approximate surface area is 161 Å². The van der Waals surface area contributed by atoms with Crippen LogP contribution in [0.4, 0.5) is 14.9 Å². The van der Waals surface area contributed by atoms with Gasteiger partial charge < -0.3 is 15.0 Å². The monoisotopic (exact) mass is 391 g/mol. The Bertz CT molecular complexity index is 779. The zero-order chi connectivity index (χ0) is 20.1. The van der Waals surface area contributed by atoms with Gasteiger partial charge in [-0.3, -0.25) is 19.7 Å². The molecule has 0 spiro atoms. The molecule has 9 heteroatoms. The second-order valence-electron chi connectivity index (χ2n) is 6.97. The molecule has 0 aromatic heterocycles. The minimum atomic E-state index is -0.799. The predicted molar refractivity (Wildman–Crippen MR) is 96.7 cm³/mol. The van der Waals surface area contributed by atoms with Gasteiger partial charge in [0.15, 0.2) is 6.61 Å². The summed E-state index contributed by atoms with van der Waals surface area (Å²) in [5, 5.41) is 4.80. The number of nitrogens with zero attached hydrogens (tertiary/aromatic N) is 1. The number of anilines is 1. The van der Waals surface area contributed by atoms with Crippen molar-refractivity contribution in [1.82, 2.24) is 10.6 Å². The van der Waals surface area contributed by atoms with E-state index in [-0.39, 0.29) is 24.7 Å². The summed E-state index contributed by atoms with van der Waals surface area (Å²) >= 11 is 0. The van der Waals surface area contributed by atoms with Gasteiger partial charge in [-0.1, -0.05) is 25.0 Å². The Morgan fingerprint density at radius 3 is 2.61 bits per heavy atom. The molecule has 1 saturated carbocycles. The number of esters is 1. The number of hydrogen-bond acceptors (Lipinski definition) is 5. The first-order chi connectivity index (χ1) is 13.4. The lowest BCUT2D eigenvalue weighted by molar-refractivity contribution is -0.152. The van der Waals surface area contributed by atoms with Crippen molar-refractivity contribution in [2.75, 3.05) is 18.1 Å². The second kappa shape index (κ2) is 8.81. The number of imide groups is 1. The molecule has 1 saturated heterocycles. The van der Waals surface area contributed by atoms with Crippen molar-refractivity contribution in [3.63, 3.8) is 0 Å². The van der Waals surface area contributed by atoms with Gasteiger partial charge >= 0.3 is 12.0 Å². The molecular formula is C19H22FN3O5. The van der Waals surface area contributed by atoms with Crippen molar-refractivity contribution in [1.29, 1.82) is 0 Å². The van der Waals surface area contributed by atoms with Crippen LogP contribution in [0.15, 0.2) is 24.3 Å². The van der Waals surface area contributed by atoms with Crippen molar-refractivity contribution in [2.45, 2.75) is 38.1 Å². The first-order valence-corrected chi connectivity index (χ1v) is 9.26. The number of ether oxygens (including phenoxy) is 1. The molecule has 1 aliphatic carbocycles. The lowest BCUT2D eigenvalue weighted by Crippen LogP contribution is -2.45. The molecule has 1 aliphatic heterocycles. The van der Waals surface area contributed by atoms with E-state index in [1.807, 2.05) is 0 Å². The van der Waals surface area contributed by atoms with Crippen molar-refractivity contribution >= 4 is 29.5 Å². The maximum atomic E-state index is 13.9. The number of amides is 4. The lowest BCUT2D eigenvalue weighted by Gasteiger charge is -2.17. The number of hydrogen-bond donors (Lipinski definition) is 2. The van der Waals surface area contributed by atoms with Gasteiger partial charge in [-0.25, -0.2) is 9.18 Å². The van der Waals surface area contributed by atoms with Crippen LogP contribution in [0.25, 0.3) is 0 Å². The zero-order valence-corrected chi connectivity index (χ0v) is 15.3. The number of rotatable bonds is 5. The fraction of sp³-hybridized carbons (Fsp3) is 0.474. The number of urea groups is 1. The molecule has 2 aliphatic rings. The molecule has 2 fully saturated rings. The number of nitrogens with one attached hydrogen (secondary N) is 2. The van der Waals surface area contributed by atoms with Crippen LogP contribution >= 0.6 is 0 Å². The van der Waals surface area contributed by atoms with E-state index in [2.05, 4.69) is 10.6 Å². The standard InChI is InChI=1S/C19H22FN3O5/c20-14-7-3-4-8-15(14)23-10-12(9-17(23)25)18(26)28-11-16(24)22-19(27)21-13-5-1-2-6-13/h3-4,7-8,12-13H,1-2,5-6,9-11H2,(H2,21,22,24,27)/t12-/m0/s1. The smallest absolute Gasteiger partial charge is 0.321 e. The normalized spacial score (nSPS) is 19.5. The summed E-state index contributed by atoms with van der Waals surface area (Å²) in [5.74, 6) is -3.24. The average Bonchev–Trinajstić information content (AvgIpc) is 3.29. The minimum absolute atomic E-state index is 0.0254. The van der Waals surface area contributed by atoms with Gasteiger partial charge in [-0.2, -0.15) is 0 Å². The van der Waals surface area contributed by atoms with Crippen molar-refractivity contribution < 1.29 is 28.3 Å². The topological polar surface area (TPSA) is 105 Å². The van der Waals surface area contributed by atoms with E-state index in [0.29, 0.717) is 0 Å². The van der Waals surface area contributed by atoms with Crippen molar-refractivity contribution in [2.24, 2.45) is 5.92 Å². The molecular weight excluding hydrogens is 369 g/mol. The molecule has 150 valence electrons. The van der Waals surface area contributed by atoms with Crippen LogP contribution in [0, 0.1) is 11.7 Å². The van der Waals surface area contributed by atoms with Crippen molar-refractivity contribution in [3.8, 4) is 0 Å². The molecule has 2 N–H and O–H groups in total. The van der Waals surface area contributed by atoms with Gasteiger partial charge in [0.05, 0.1) is 11.6 Å². The molecule has 1 aromatic carbocycles. The summed E-state index contributed by atoms with van der Waals surface area (Å²) in [4.78, 5) is 48.9. The van der Waals surface area contributed by atoms with E-state index in [1.165, 1.54) is 23.1 Å². The molecule has 8 nitrogen and oxygen atoms in total. The number of carbonyl (C=O) groups is 4. The first-order valence-electron chi connectivity index (χ1n) is 9.26. The van der Waals surface area contributed by atoms with Gasteiger partial charge in [0.2, 0.25) is 5.91 Å². The van der Waals surface area contributed by atoms with E-state index >= 15 is 0 Å². The lowest BCUT2D eigenvalue weighted by atomic mass is 10.1. The van der Waals surface area contributed by atoms with Gasteiger partial charge in [0.1, 0.15) is 5.82 Å². The molecule has 28 heavy (non-hydrogen) atoms. The van der Waals surface area contributed by atoms with Gasteiger partial charge in [-0.15, -0.1) is 0 Å². The fourth-order valence-corrected chi connectivity index (χ4v) is 3.48. The average molecular weight is 391 g/mol. The van der Waals surface area contributed by atoms with Crippen LogP contribution < -0.4 is 15.5 Å². The van der Waals surface area contributed by atoms with Gasteiger partial charge in [-0.05, 0) is 25.0 Å². The van der Waals surface area contributed by atoms with Crippen LogP contribution in [0.2, 0.25) is 0 Å². The van der Waals surface area contributed by atoms with Crippen LogP contribution in [0.1, 0.15) is 32.1 Å². The summed E-state index contributed by atoms with van der Waals surface area (Å²) in [7, 11) is 0. The maximum Gasteiger partial charge on any atom is 0.321 e. The third-order valence-electron chi connectivity index (χ3n) is 4.89. The Balaban J connectivity index is 1.44. The molecule has 1 heterocycles. The maximum absolute atomic E-state index is 13.9. The molecule has 1 aromatic rings. The van der Waals surface area contributed by atoms with Crippen molar-refractivity contribution in [3.05, 3.63) is 30.1 Å². The van der Waals surface area contributed by atoms with Gasteiger partial charge in [0.25, 0.3) is 5.91 Å². The van der Waals surface area contributed by atoms with Crippen LogP contribution in [0.3, 0.4) is 0 Å². The number of benzene rings is 1. The Kier molecular flexibility index (Phi) is 6.23. The SMILES string of the molecule is O=C(COC(=O)[C@H]1CC(=O)N(c2ccccc2F)C1)NC(=O)NC1CCCC1. The number of para-hydroxylation sites is 1. The highest BCUT2D eigenvalue weighted by Crippen LogP contribution is 2.27. The van der Waals surface area contributed by atoms with E-state index in [1.54, 1.807) is 6.07 Å². The quantitative estimate of drug-likeness (QED) is 0.740. The summed E-state index contributed by atoms with van der Waals surface area (Å²) < 4.78 is 18.8. The largest absolute Gasteiger partial charge is 0.455 e. The molecule has 0 radical (unpaired) electrons. The Hall–Kier alpha value is -2.97. The first kappa shape index (κ1) is 19.8. The summed E-state index contributed by atoms with van der Waals surface area (Å²) in [5.41, 5.74) is 0.101. The summed E-state index contributed by atoms with van der Waals surface area (Å²) in [6.45, 7) is -0.649. The molecule has 1 atom stereocenters. The highest BCUT2D eigenvalue weighted by atomic mass is 19.1. The van der Waals surface area contributed by atoms with E-state index in [4.69, 9.17) is 4.74 Å². The highest BCUT2D eigenvalue weighted by molar-refractivity contribution is 6.00. The molecule has 0 bridgehead atoms. The minimum Gasteiger partial charge on any atom is -0.455 e. The molecule has 4 amide bonds. The van der Waals surface area contributed by atoms with Crippen LogP contribution in [0.5, 0.6) is 0 Å². The van der Waals surface area contributed by atoms with E-state index in [0.717, 1.165) is 25.7 Å². The Morgan fingerprint density at radius 2 is 1.89 bits per heavy atom. The zero-order valence-electron chi connectivity index (χ0n) is 15.3. The van der Waals surface area contributed by atoms with Gasteiger partial charge in [0, 0.05) is 19.0 Å². The second-order valence-corrected chi connectivity index (χ2v) is 6.97. The summed E-state index contributed by atoms with van der Waals surface area (Å²) in [6.07, 6.45) is 3.72. The number of halogens is 1. The number of carbonyl (C=O) groups excluding carboxylic acids is 4. The van der Waals surface area contributed by atoms with Crippen LogP contribution in [-0.4, -0.2) is 43.0 Å². The van der Waals surface area contributed by atoms with Crippen LogP contribution in [-0.2, 0) is 19.1 Å². The van der Waals surface area contributed by atoms with E-state index in [9.17, 15) is 23.6 Å². The highest BCUT2D eigenvalue weighted by Gasteiger charge is 2.37. The van der Waals surface area contributed by atoms with E-state index < -0.39 is 42.2 Å². The summed E-state index contributed by atoms with van der Waals surface area (Å²) in [6, 6.07) is 5.23. The Morgan fingerprint density at radius 1 is 1.18 bits per heavy atom. The fourth-order valence-electron chi connectivity index (χ4n) is 3.48. The predicted octanol–water partition coefficient (Wildman–Crippen LogP) is 1.49. The molecule has 3 rings (SSSR count). The molecule has 0 unspecified atom stereocenters. The third-order valence-corrected chi connectivity index (χ3v) is 4.89. The third kappa shape index (κ3) is 4.85.